The minimum Gasteiger partial charge on any atom is -0.328 e. The Kier molecular flexibility index (Phi) is 2.74. The van der Waals surface area contributed by atoms with E-state index in [2.05, 4.69) is 9.97 Å². The highest BCUT2D eigenvalue weighted by atomic mass is 32.1. The van der Waals surface area contributed by atoms with E-state index in [1.54, 1.807) is 0 Å². The summed E-state index contributed by atoms with van der Waals surface area (Å²) in [6, 6.07) is 3.06. The third-order valence-electron chi connectivity index (χ3n) is 1.97. The van der Waals surface area contributed by atoms with Crippen molar-refractivity contribution in [3.63, 3.8) is 0 Å². The minimum atomic E-state index is -1.05. The molecular formula is C10H5F3N2S. The smallest absolute Gasteiger partial charge is 0.197 e. The Morgan fingerprint density at radius 2 is 1.81 bits per heavy atom. The lowest BCUT2D eigenvalue weighted by atomic mass is 10.1. The van der Waals surface area contributed by atoms with Gasteiger partial charge in [0.05, 0.1) is 11.9 Å². The summed E-state index contributed by atoms with van der Waals surface area (Å²) in [7, 11) is 0. The van der Waals surface area contributed by atoms with Gasteiger partial charge < -0.3 is 4.98 Å². The number of hydrogen-bond donors (Lipinski definition) is 1. The van der Waals surface area contributed by atoms with Gasteiger partial charge >= 0.3 is 0 Å². The number of aromatic nitrogens is 2. The Bertz CT molecular complexity index is 595. The van der Waals surface area contributed by atoms with Crippen LogP contribution in [0.1, 0.15) is 0 Å². The molecule has 2 nitrogen and oxygen atoms in total. The van der Waals surface area contributed by atoms with Gasteiger partial charge in [-0.25, -0.2) is 18.2 Å². The standard InChI is InChI=1S/C10H5F3N2S/c11-6-2-1-5(3-7(6)12)9-8(13)4-14-10(16)15-9/h1-4H,(H,14,15,16). The van der Waals surface area contributed by atoms with Gasteiger partial charge in [-0.05, 0) is 30.4 Å². The maximum Gasteiger partial charge on any atom is 0.197 e. The van der Waals surface area contributed by atoms with E-state index in [4.69, 9.17) is 12.2 Å². The molecule has 0 fully saturated rings. The van der Waals surface area contributed by atoms with Crippen LogP contribution in [0.5, 0.6) is 0 Å². The van der Waals surface area contributed by atoms with Gasteiger partial charge in [0.1, 0.15) is 0 Å². The molecule has 82 valence electrons. The molecule has 2 rings (SSSR count). The summed E-state index contributed by atoms with van der Waals surface area (Å²) in [6.45, 7) is 0. The van der Waals surface area contributed by atoms with E-state index < -0.39 is 17.5 Å². The van der Waals surface area contributed by atoms with Crippen molar-refractivity contribution in [1.82, 2.24) is 9.97 Å². The highest BCUT2D eigenvalue weighted by Crippen LogP contribution is 2.21. The fraction of sp³-hybridized carbons (Fsp3) is 0. The summed E-state index contributed by atoms with van der Waals surface area (Å²) >= 11 is 4.72. The molecule has 1 N–H and O–H groups in total. The third-order valence-corrected chi connectivity index (χ3v) is 2.18. The summed E-state index contributed by atoms with van der Waals surface area (Å²) in [5.41, 5.74) is 0.156. The van der Waals surface area contributed by atoms with Crippen LogP contribution in [0.25, 0.3) is 11.3 Å². The first-order valence-electron chi connectivity index (χ1n) is 4.28. The molecule has 0 saturated heterocycles. The average Bonchev–Trinajstić information content (AvgIpc) is 2.26. The molecule has 0 radical (unpaired) electrons. The molecule has 0 saturated carbocycles. The zero-order valence-corrected chi connectivity index (χ0v) is 8.62. The highest BCUT2D eigenvalue weighted by Gasteiger charge is 2.09. The molecule has 6 heteroatoms. The maximum atomic E-state index is 13.3. The molecule has 0 aliphatic carbocycles. The predicted octanol–water partition coefficient (Wildman–Crippen LogP) is 3.22. The maximum absolute atomic E-state index is 13.3. The number of benzene rings is 1. The first kappa shape index (κ1) is 10.8. The lowest BCUT2D eigenvalue weighted by Gasteiger charge is -2.03. The Hall–Kier alpha value is -1.69. The largest absolute Gasteiger partial charge is 0.328 e. The Morgan fingerprint density at radius 1 is 1.06 bits per heavy atom. The van der Waals surface area contributed by atoms with Crippen LogP contribution in [-0.4, -0.2) is 9.97 Å². The van der Waals surface area contributed by atoms with Gasteiger partial charge in [-0.15, -0.1) is 0 Å². The van der Waals surface area contributed by atoms with Crippen LogP contribution in [0.15, 0.2) is 24.4 Å². The number of aromatic amines is 1. The van der Waals surface area contributed by atoms with Crippen molar-refractivity contribution in [3.05, 3.63) is 46.6 Å². The Morgan fingerprint density at radius 3 is 2.50 bits per heavy atom. The van der Waals surface area contributed by atoms with Crippen LogP contribution in [0.4, 0.5) is 13.2 Å². The van der Waals surface area contributed by atoms with Crippen molar-refractivity contribution >= 4 is 12.2 Å². The summed E-state index contributed by atoms with van der Waals surface area (Å²) in [5.74, 6) is -2.72. The molecule has 0 spiro atoms. The molecule has 2 aromatic rings. The molecule has 0 bridgehead atoms. The van der Waals surface area contributed by atoms with Gasteiger partial charge in [0.25, 0.3) is 0 Å². The van der Waals surface area contributed by atoms with Crippen molar-refractivity contribution in [3.8, 4) is 11.3 Å². The SMILES string of the molecule is Fc1ccc(-c2[nH]c(=S)ncc2F)cc1F. The number of hydrogen-bond acceptors (Lipinski definition) is 2. The van der Waals surface area contributed by atoms with E-state index in [0.29, 0.717) is 0 Å². The van der Waals surface area contributed by atoms with Crippen molar-refractivity contribution < 1.29 is 13.2 Å². The van der Waals surface area contributed by atoms with Gasteiger partial charge in [0.2, 0.25) is 0 Å². The number of rotatable bonds is 1. The van der Waals surface area contributed by atoms with Crippen LogP contribution < -0.4 is 0 Å². The van der Waals surface area contributed by atoms with Gasteiger partial charge in [-0.3, -0.25) is 0 Å². The van der Waals surface area contributed by atoms with Gasteiger partial charge in [0, 0.05) is 5.56 Å². The minimum absolute atomic E-state index is 0.0149. The lowest BCUT2D eigenvalue weighted by molar-refractivity contribution is 0.509. The summed E-state index contributed by atoms with van der Waals surface area (Å²) in [5, 5.41) is 0. The Labute approximate surface area is 93.8 Å². The molecule has 1 aromatic carbocycles. The summed E-state index contributed by atoms with van der Waals surface area (Å²) in [6.07, 6.45) is 0.926. The van der Waals surface area contributed by atoms with Crippen molar-refractivity contribution in [2.24, 2.45) is 0 Å². The van der Waals surface area contributed by atoms with E-state index in [1.807, 2.05) is 0 Å². The zero-order chi connectivity index (χ0) is 11.7. The number of H-pyrrole nitrogens is 1. The van der Waals surface area contributed by atoms with Crippen molar-refractivity contribution in [1.29, 1.82) is 0 Å². The lowest BCUT2D eigenvalue weighted by Crippen LogP contribution is -1.94. The molecule has 1 heterocycles. The first-order valence-corrected chi connectivity index (χ1v) is 4.69. The molecule has 1 aromatic heterocycles. The molecule has 16 heavy (non-hydrogen) atoms. The van der Waals surface area contributed by atoms with Gasteiger partial charge in [-0.2, -0.15) is 0 Å². The molecule has 0 atom stereocenters. The fourth-order valence-electron chi connectivity index (χ4n) is 1.24. The van der Waals surface area contributed by atoms with E-state index in [1.165, 1.54) is 6.07 Å². The zero-order valence-electron chi connectivity index (χ0n) is 7.80. The average molecular weight is 242 g/mol. The molecule has 0 amide bonds. The summed E-state index contributed by atoms with van der Waals surface area (Å²) in [4.78, 5) is 6.00. The fourth-order valence-corrected chi connectivity index (χ4v) is 1.40. The number of nitrogens with one attached hydrogen (secondary N) is 1. The van der Waals surface area contributed by atoms with E-state index >= 15 is 0 Å². The van der Waals surface area contributed by atoms with Crippen LogP contribution in [0, 0.1) is 22.2 Å². The summed E-state index contributed by atoms with van der Waals surface area (Å²) < 4.78 is 39.0. The molecule has 0 unspecified atom stereocenters. The topological polar surface area (TPSA) is 28.7 Å². The monoisotopic (exact) mass is 242 g/mol. The molecular weight excluding hydrogens is 237 g/mol. The second-order valence-corrected chi connectivity index (χ2v) is 3.43. The predicted molar refractivity (Wildman–Crippen MR) is 54.7 cm³/mol. The van der Waals surface area contributed by atoms with Crippen LogP contribution in [0.2, 0.25) is 0 Å². The van der Waals surface area contributed by atoms with Crippen LogP contribution in [-0.2, 0) is 0 Å². The van der Waals surface area contributed by atoms with E-state index in [-0.39, 0.29) is 16.0 Å². The molecule has 0 aliphatic heterocycles. The quantitative estimate of drug-likeness (QED) is 0.778. The third kappa shape index (κ3) is 1.96. The van der Waals surface area contributed by atoms with Gasteiger partial charge in [-0.1, -0.05) is 0 Å². The normalized spacial score (nSPS) is 10.4. The second-order valence-electron chi connectivity index (χ2n) is 3.04. The Balaban J connectivity index is 2.62. The van der Waals surface area contributed by atoms with E-state index in [0.717, 1.165) is 18.3 Å². The van der Waals surface area contributed by atoms with Crippen LogP contribution in [0.3, 0.4) is 0 Å². The van der Waals surface area contributed by atoms with Gasteiger partial charge in [0.15, 0.2) is 22.2 Å². The van der Waals surface area contributed by atoms with E-state index in [9.17, 15) is 13.2 Å². The van der Waals surface area contributed by atoms with Crippen LogP contribution >= 0.6 is 12.2 Å². The number of nitrogens with zero attached hydrogens (tertiary/aromatic N) is 1. The second kappa shape index (κ2) is 4.05. The van der Waals surface area contributed by atoms with Crippen molar-refractivity contribution in [2.75, 3.05) is 0 Å². The first-order chi connectivity index (χ1) is 7.58. The van der Waals surface area contributed by atoms with Crippen molar-refractivity contribution in [2.45, 2.75) is 0 Å². The number of halogens is 3. The molecule has 0 aliphatic rings. The highest BCUT2D eigenvalue weighted by molar-refractivity contribution is 7.71.